The highest BCUT2D eigenvalue weighted by molar-refractivity contribution is 5.95. The van der Waals surface area contributed by atoms with Crippen molar-refractivity contribution in [3.05, 3.63) is 41.1 Å². The van der Waals surface area contributed by atoms with Gasteiger partial charge >= 0.3 is 12.0 Å². The second-order valence-electron chi connectivity index (χ2n) is 6.06. The van der Waals surface area contributed by atoms with Crippen LogP contribution in [0.5, 0.6) is 0 Å². The number of hydrogen-bond acceptors (Lipinski definition) is 4. The average molecular weight is 331 g/mol. The Morgan fingerprint density at radius 1 is 1.21 bits per heavy atom. The molecule has 2 rings (SSSR count). The number of likely N-dealkylation sites (N-methyl/N-ethyl adjacent to an activating group) is 1. The van der Waals surface area contributed by atoms with E-state index in [0.717, 1.165) is 11.3 Å². The third kappa shape index (κ3) is 3.09. The standard InChI is InChI=1S/C18H25N3O3/c1-7-24-17(22)15-12(2)20(5)18(23)21(6)16(15)13-8-10-14(11-9-13)19(3)4/h8-11,16H,7H2,1-6H3. The van der Waals surface area contributed by atoms with Gasteiger partial charge in [0.1, 0.15) is 0 Å². The Morgan fingerprint density at radius 2 is 1.79 bits per heavy atom. The van der Waals surface area contributed by atoms with Gasteiger partial charge in [-0.2, -0.15) is 0 Å². The van der Waals surface area contributed by atoms with Crippen molar-refractivity contribution in [2.24, 2.45) is 0 Å². The van der Waals surface area contributed by atoms with Crippen LogP contribution in [-0.2, 0) is 9.53 Å². The van der Waals surface area contributed by atoms with Crippen LogP contribution in [0, 0.1) is 0 Å². The van der Waals surface area contributed by atoms with Gasteiger partial charge in [0.2, 0.25) is 0 Å². The maximum atomic E-state index is 12.5. The van der Waals surface area contributed by atoms with Gasteiger partial charge in [0, 0.05) is 39.6 Å². The van der Waals surface area contributed by atoms with E-state index in [1.54, 1.807) is 32.8 Å². The summed E-state index contributed by atoms with van der Waals surface area (Å²) < 4.78 is 5.23. The summed E-state index contributed by atoms with van der Waals surface area (Å²) >= 11 is 0. The molecule has 1 aromatic rings. The van der Waals surface area contributed by atoms with Crippen molar-refractivity contribution in [2.75, 3.05) is 39.7 Å². The lowest BCUT2D eigenvalue weighted by Gasteiger charge is -2.39. The largest absolute Gasteiger partial charge is 0.463 e. The molecule has 0 bridgehead atoms. The minimum Gasteiger partial charge on any atom is -0.463 e. The van der Waals surface area contributed by atoms with Crippen molar-refractivity contribution in [1.29, 1.82) is 0 Å². The van der Waals surface area contributed by atoms with Gasteiger partial charge in [-0.05, 0) is 31.5 Å². The average Bonchev–Trinajstić information content (AvgIpc) is 2.56. The Kier molecular flexibility index (Phi) is 5.17. The zero-order chi connectivity index (χ0) is 18.0. The summed E-state index contributed by atoms with van der Waals surface area (Å²) in [6.07, 6.45) is 0. The van der Waals surface area contributed by atoms with Gasteiger partial charge in [-0.3, -0.25) is 0 Å². The number of amides is 2. The first-order valence-corrected chi connectivity index (χ1v) is 7.95. The molecule has 0 saturated heterocycles. The SMILES string of the molecule is CCOC(=O)C1=C(C)N(C)C(=O)N(C)C1c1ccc(N(C)C)cc1. The molecule has 130 valence electrons. The number of benzene rings is 1. The van der Waals surface area contributed by atoms with Crippen LogP contribution in [0.1, 0.15) is 25.5 Å². The molecule has 6 heteroatoms. The highest BCUT2D eigenvalue weighted by atomic mass is 16.5. The van der Waals surface area contributed by atoms with Crippen molar-refractivity contribution in [3.63, 3.8) is 0 Å². The second-order valence-corrected chi connectivity index (χ2v) is 6.06. The molecule has 1 aliphatic rings. The lowest BCUT2D eigenvalue weighted by molar-refractivity contribution is -0.139. The zero-order valence-electron chi connectivity index (χ0n) is 15.2. The third-order valence-corrected chi connectivity index (χ3v) is 4.36. The molecule has 1 unspecified atom stereocenters. The van der Waals surface area contributed by atoms with Crippen LogP contribution < -0.4 is 4.90 Å². The topological polar surface area (TPSA) is 53.1 Å². The fourth-order valence-electron chi connectivity index (χ4n) is 2.88. The van der Waals surface area contributed by atoms with Crippen molar-refractivity contribution < 1.29 is 14.3 Å². The number of ether oxygens (including phenoxy) is 1. The molecule has 6 nitrogen and oxygen atoms in total. The van der Waals surface area contributed by atoms with Gasteiger partial charge in [0.15, 0.2) is 0 Å². The number of anilines is 1. The maximum Gasteiger partial charge on any atom is 0.338 e. The summed E-state index contributed by atoms with van der Waals surface area (Å²) in [7, 11) is 7.30. The quantitative estimate of drug-likeness (QED) is 0.796. The molecule has 1 aliphatic heterocycles. The molecule has 0 aromatic heterocycles. The van der Waals surface area contributed by atoms with Crippen LogP contribution in [0.25, 0.3) is 0 Å². The molecule has 1 aromatic carbocycles. The van der Waals surface area contributed by atoms with E-state index < -0.39 is 6.04 Å². The van der Waals surface area contributed by atoms with E-state index in [-0.39, 0.29) is 12.0 Å². The number of esters is 1. The molecule has 0 N–H and O–H groups in total. The number of hydrogen-bond donors (Lipinski definition) is 0. The van der Waals surface area contributed by atoms with E-state index >= 15 is 0 Å². The lowest BCUT2D eigenvalue weighted by Crippen LogP contribution is -2.47. The van der Waals surface area contributed by atoms with Gasteiger partial charge in [0.05, 0.1) is 18.2 Å². The number of allylic oxidation sites excluding steroid dienone is 1. The molecule has 0 saturated carbocycles. The number of urea groups is 1. The van der Waals surface area contributed by atoms with Gasteiger partial charge < -0.3 is 19.4 Å². The van der Waals surface area contributed by atoms with Crippen LogP contribution in [0.4, 0.5) is 10.5 Å². The van der Waals surface area contributed by atoms with Crippen LogP contribution in [-0.4, -0.2) is 56.6 Å². The fourth-order valence-corrected chi connectivity index (χ4v) is 2.88. The number of carbonyl (C=O) groups excluding carboxylic acids is 2. The summed E-state index contributed by atoms with van der Waals surface area (Å²) in [5, 5.41) is 0. The van der Waals surface area contributed by atoms with E-state index in [1.165, 1.54) is 4.90 Å². The maximum absolute atomic E-state index is 12.5. The molecule has 0 fully saturated rings. The van der Waals surface area contributed by atoms with Crippen LogP contribution in [0.3, 0.4) is 0 Å². The Balaban J connectivity index is 2.53. The molecular formula is C18H25N3O3. The van der Waals surface area contributed by atoms with E-state index in [9.17, 15) is 9.59 Å². The van der Waals surface area contributed by atoms with E-state index in [2.05, 4.69) is 0 Å². The summed E-state index contributed by atoms with van der Waals surface area (Å²) in [6, 6.07) is 7.24. The molecule has 1 atom stereocenters. The predicted molar refractivity (Wildman–Crippen MR) is 93.8 cm³/mol. The Bertz CT molecular complexity index is 665. The number of nitrogens with zero attached hydrogens (tertiary/aromatic N) is 3. The highest BCUT2D eigenvalue weighted by Crippen LogP contribution is 2.36. The normalized spacial score (nSPS) is 18.1. The van der Waals surface area contributed by atoms with Crippen LogP contribution in [0.2, 0.25) is 0 Å². The highest BCUT2D eigenvalue weighted by Gasteiger charge is 2.39. The van der Waals surface area contributed by atoms with Crippen molar-refractivity contribution in [1.82, 2.24) is 9.80 Å². The lowest BCUT2D eigenvalue weighted by atomic mass is 9.93. The van der Waals surface area contributed by atoms with E-state index in [1.807, 2.05) is 43.3 Å². The van der Waals surface area contributed by atoms with E-state index in [0.29, 0.717) is 17.9 Å². The van der Waals surface area contributed by atoms with Gasteiger partial charge in [-0.1, -0.05) is 12.1 Å². The van der Waals surface area contributed by atoms with Gasteiger partial charge in [-0.15, -0.1) is 0 Å². The fraction of sp³-hybridized carbons (Fsp3) is 0.444. The molecule has 0 spiro atoms. The molecule has 1 heterocycles. The zero-order valence-corrected chi connectivity index (χ0v) is 15.2. The minimum atomic E-state index is -0.455. The molecule has 0 aliphatic carbocycles. The van der Waals surface area contributed by atoms with Gasteiger partial charge in [0.25, 0.3) is 0 Å². The molecule has 0 radical (unpaired) electrons. The van der Waals surface area contributed by atoms with E-state index in [4.69, 9.17) is 4.74 Å². The smallest absolute Gasteiger partial charge is 0.338 e. The predicted octanol–water partition coefficient (Wildman–Crippen LogP) is 2.63. The first-order chi connectivity index (χ1) is 11.3. The van der Waals surface area contributed by atoms with Crippen LogP contribution >= 0.6 is 0 Å². The molecular weight excluding hydrogens is 306 g/mol. The summed E-state index contributed by atoms with van der Waals surface area (Å²) in [5.41, 5.74) is 3.06. The van der Waals surface area contributed by atoms with Crippen molar-refractivity contribution in [2.45, 2.75) is 19.9 Å². The van der Waals surface area contributed by atoms with Gasteiger partial charge in [-0.25, -0.2) is 9.59 Å². The number of rotatable bonds is 4. The Hall–Kier alpha value is -2.50. The first kappa shape index (κ1) is 17.8. The summed E-state index contributed by atoms with van der Waals surface area (Å²) in [6.45, 7) is 3.84. The number of carbonyl (C=O) groups is 2. The Morgan fingerprint density at radius 3 is 2.29 bits per heavy atom. The summed E-state index contributed by atoms with van der Waals surface area (Å²) in [4.78, 5) is 30.0. The first-order valence-electron chi connectivity index (χ1n) is 7.95. The van der Waals surface area contributed by atoms with Crippen molar-refractivity contribution >= 4 is 17.7 Å². The van der Waals surface area contributed by atoms with Crippen LogP contribution in [0.15, 0.2) is 35.5 Å². The minimum absolute atomic E-state index is 0.151. The second kappa shape index (κ2) is 6.95. The molecule has 2 amide bonds. The summed E-state index contributed by atoms with van der Waals surface area (Å²) in [5.74, 6) is -0.386. The van der Waals surface area contributed by atoms with Crippen molar-refractivity contribution in [3.8, 4) is 0 Å². The monoisotopic (exact) mass is 331 g/mol. The molecule has 24 heavy (non-hydrogen) atoms. The Labute approximate surface area is 143 Å². The third-order valence-electron chi connectivity index (χ3n) is 4.36.